The van der Waals surface area contributed by atoms with Gasteiger partial charge in [0.1, 0.15) is 0 Å². The third kappa shape index (κ3) is 5.27. The molecule has 3 aromatic heterocycles. The predicted molar refractivity (Wildman–Crippen MR) is 156 cm³/mol. The molecule has 2 aliphatic heterocycles. The van der Waals surface area contributed by atoms with E-state index >= 15 is 0 Å². The molecule has 5 heterocycles. The van der Waals surface area contributed by atoms with Crippen LogP contribution in [-0.4, -0.2) is 34.6 Å². The summed E-state index contributed by atoms with van der Waals surface area (Å²) in [5, 5.41) is 3.57. The minimum atomic E-state index is -4.69. The van der Waals surface area contributed by atoms with Gasteiger partial charge in [-0.15, -0.1) is 0 Å². The minimum Gasteiger partial charge on any atom is -0.357 e. The van der Waals surface area contributed by atoms with Crippen molar-refractivity contribution in [2.75, 3.05) is 0 Å². The molecule has 0 fully saturated rings. The van der Waals surface area contributed by atoms with Crippen LogP contribution in [0.1, 0.15) is 0 Å². The Morgan fingerprint density at radius 1 is 0.413 bits per heavy atom. The first-order valence-electron chi connectivity index (χ1n) is 13.5. The summed E-state index contributed by atoms with van der Waals surface area (Å²) >= 11 is 0. The third-order valence-electron chi connectivity index (χ3n) is 7.33. The standard InChI is InChI=1S/C32H16N8.ClHO4.Cu/c1-2-10-18-17(9-1)25-33-26(18)38-28-21-13-5-6-14-22(21)30(35-28)40-32-24-16-8-7-15-23(24)31(36-32)39-29-20-12-4-3-11-19(20)27(34-29)37-25;2-1(3,4)5;/h1-16H;(H,2,3,4,5);/q-2;;+2. The summed E-state index contributed by atoms with van der Waals surface area (Å²) in [6.45, 7) is 0. The van der Waals surface area contributed by atoms with E-state index in [2.05, 4.69) is 0 Å². The third-order valence-corrected chi connectivity index (χ3v) is 7.33. The van der Waals surface area contributed by atoms with Gasteiger partial charge in [-0.25, -0.2) is 9.97 Å². The molecular formula is C32H17ClCuN8O4. The van der Waals surface area contributed by atoms with Crippen LogP contribution < -0.4 is 23.9 Å². The van der Waals surface area contributed by atoms with Crippen molar-refractivity contribution in [2.45, 2.75) is 0 Å². The van der Waals surface area contributed by atoms with E-state index in [9.17, 15) is 0 Å². The fraction of sp³-hybridized carbons (Fsp3) is 0. The molecule has 1 N–H and O–H groups in total. The number of halogens is 1. The molecule has 227 valence electrons. The van der Waals surface area contributed by atoms with Crippen LogP contribution >= 0.6 is 0 Å². The van der Waals surface area contributed by atoms with Crippen molar-refractivity contribution in [3.05, 3.63) is 97.1 Å². The number of nitrogens with zero attached hydrogens (tertiary/aromatic N) is 8. The van der Waals surface area contributed by atoms with Crippen molar-refractivity contribution in [3.63, 3.8) is 0 Å². The zero-order valence-corrected chi connectivity index (χ0v) is 24.9. The van der Waals surface area contributed by atoms with Gasteiger partial charge in [-0.3, -0.25) is 0 Å². The van der Waals surface area contributed by atoms with Crippen LogP contribution in [0.2, 0.25) is 0 Å². The van der Waals surface area contributed by atoms with E-state index < -0.39 is 10.2 Å². The van der Waals surface area contributed by atoms with E-state index in [-0.39, 0.29) is 17.1 Å². The summed E-state index contributed by atoms with van der Waals surface area (Å²) in [6.07, 6.45) is 0. The van der Waals surface area contributed by atoms with Crippen molar-refractivity contribution in [1.82, 2.24) is 39.9 Å². The molecule has 12 nitrogen and oxygen atoms in total. The molecule has 0 amide bonds. The van der Waals surface area contributed by atoms with Crippen LogP contribution in [-0.2, 0) is 17.1 Å². The van der Waals surface area contributed by atoms with Gasteiger partial charge >= 0.3 is 17.1 Å². The molecular weight excluding hydrogens is 659 g/mol. The number of hydrogen-bond donors (Lipinski definition) is 1. The Bertz CT molecular complexity index is 2150. The summed E-state index contributed by atoms with van der Waals surface area (Å²) in [5.41, 5.74) is 5.78. The van der Waals surface area contributed by atoms with Crippen LogP contribution in [0, 0.1) is 10.2 Å². The Morgan fingerprint density at radius 2 is 0.630 bits per heavy atom. The van der Waals surface area contributed by atoms with E-state index in [0.29, 0.717) is 45.9 Å². The maximum Gasteiger partial charge on any atom is 2.00 e. The Hall–Kier alpha value is -5.11. The van der Waals surface area contributed by atoms with Crippen molar-refractivity contribution in [2.24, 2.45) is 0 Å². The molecule has 14 heteroatoms. The molecule has 9 rings (SSSR count). The monoisotopic (exact) mass is 675 g/mol. The molecule has 46 heavy (non-hydrogen) atoms. The van der Waals surface area contributed by atoms with E-state index in [4.69, 9.17) is 58.5 Å². The van der Waals surface area contributed by atoms with Gasteiger partial charge in [0.05, 0.1) is 38.2 Å². The van der Waals surface area contributed by atoms with Gasteiger partial charge in [-0.05, 0) is 21.5 Å². The maximum absolute atomic E-state index is 8.60. The SMILES string of the molecule is [Cu+2].[O-][Cl+3]([O-])([O-])O.c1ccc2c(c1)-c1nc-2nc2[n-]c(nc3nc(nc4[n-]c(n1)c1ccccc41)-c1ccccc1-3)c1ccccc21. The number of fused-ring (bicyclic) bond motifs is 20. The first-order chi connectivity index (χ1) is 21.8. The molecule has 8 bridgehead atoms. The summed E-state index contributed by atoms with van der Waals surface area (Å²) in [6, 6.07) is 31.8. The van der Waals surface area contributed by atoms with Crippen molar-refractivity contribution in [3.8, 4) is 45.6 Å². The Balaban J connectivity index is 0.000000526. The van der Waals surface area contributed by atoms with Crippen LogP contribution in [0.5, 0.6) is 0 Å². The van der Waals surface area contributed by atoms with E-state index in [0.717, 1.165) is 43.8 Å². The number of rotatable bonds is 0. The van der Waals surface area contributed by atoms with Gasteiger partial charge in [0.25, 0.3) is 0 Å². The van der Waals surface area contributed by atoms with E-state index in [1.54, 1.807) is 0 Å². The first kappa shape index (κ1) is 29.6. The van der Waals surface area contributed by atoms with Gasteiger partial charge < -0.3 is 29.9 Å². The largest absolute Gasteiger partial charge is 2.00 e. The average molecular weight is 677 g/mol. The fourth-order valence-corrected chi connectivity index (χ4v) is 5.46. The summed E-state index contributed by atoms with van der Waals surface area (Å²) in [5.74, 6) is 2.21. The van der Waals surface area contributed by atoms with E-state index in [1.807, 2.05) is 97.1 Å². The molecule has 0 saturated heterocycles. The molecule has 1 radical (unpaired) electrons. The molecule has 0 aliphatic carbocycles. The van der Waals surface area contributed by atoms with Crippen molar-refractivity contribution in [1.29, 1.82) is 0 Å². The predicted octanol–water partition coefficient (Wildman–Crippen LogP) is 2.00. The minimum absolute atomic E-state index is 0. The normalized spacial score (nSPS) is 11.7. The van der Waals surface area contributed by atoms with Crippen molar-refractivity contribution >= 4 is 44.1 Å². The topological polar surface area (TPSA) is 195 Å². The van der Waals surface area contributed by atoms with Gasteiger partial charge in [-0.1, -0.05) is 97.1 Å². The molecule has 0 unspecified atom stereocenters. The van der Waals surface area contributed by atoms with Gasteiger partial charge in [-0.2, -0.15) is 14.0 Å². The Labute approximate surface area is 271 Å². The van der Waals surface area contributed by atoms with E-state index in [1.165, 1.54) is 0 Å². The summed E-state index contributed by atoms with van der Waals surface area (Å²) in [7, 11) is -4.69. The van der Waals surface area contributed by atoms with Gasteiger partial charge in [0.2, 0.25) is 0 Å². The first-order valence-corrected chi connectivity index (χ1v) is 14.8. The molecule has 0 atom stereocenters. The van der Waals surface area contributed by atoms with Crippen LogP contribution in [0.3, 0.4) is 0 Å². The second-order valence-electron chi connectivity index (χ2n) is 10.1. The average Bonchev–Trinajstić information content (AvgIpc) is 3.76. The van der Waals surface area contributed by atoms with Crippen LogP contribution in [0.15, 0.2) is 97.1 Å². The zero-order valence-electron chi connectivity index (χ0n) is 23.2. The second kappa shape index (κ2) is 11.4. The second-order valence-corrected chi connectivity index (χ2v) is 10.9. The fourth-order valence-electron chi connectivity index (χ4n) is 5.46. The number of aromatic nitrogens is 8. The number of hydrogen-bond acceptors (Lipinski definition) is 10. The van der Waals surface area contributed by atoms with Crippen molar-refractivity contribution < 1.29 is 45.9 Å². The maximum atomic E-state index is 8.60. The Kier molecular flexibility index (Phi) is 7.30. The van der Waals surface area contributed by atoms with Crippen LogP contribution in [0.4, 0.5) is 0 Å². The molecule has 2 aliphatic rings. The molecule has 7 aromatic rings. The van der Waals surface area contributed by atoms with Gasteiger partial charge in [0.15, 0.2) is 0 Å². The molecule has 4 aromatic carbocycles. The van der Waals surface area contributed by atoms with Crippen LogP contribution in [0.25, 0.3) is 89.7 Å². The Morgan fingerprint density at radius 3 is 0.870 bits per heavy atom. The number of benzene rings is 4. The summed E-state index contributed by atoms with van der Waals surface area (Å²) in [4.78, 5) is 39.3. The quantitative estimate of drug-likeness (QED) is 0.230. The zero-order chi connectivity index (χ0) is 30.7. The summed E-state index contributed by atoms with van der Waals surface area (Å²) < 4.78 is 32.7. The van der Waals surface area contributed by atoms with Gasteiger partial charge in [0, 0.05) is 44.8 Å². The smallest absolute Gasteiger partial charge is 0.357 e. The molecule has 0 spiro atoms. The molecule has 0 saturated carbocycles.